The summed E-state index contributed by atoms with van der Waals surface area (Å²) in [5, 5.41) is 8.85. The van der Waals surface area contributed by atoms with E-state index in [1.54, 1.807) is 32.4 Å². The Morgan fingerprint density at radius 1 is 0.889 bits per heavy atom. The van der Waals surface area contributed by atoms with Crippen molar-refractivity contribution in [2.75, 3.05) is 34.4 Å². The molecule has 13 heteroatoms. The molecular formula is C50H65N5O7S. The number of hydrogen-bond donors (Lipinski definition) is 2. The molecule has 338 valence electrons. The number of nitrogens with zero attached hydrogens (tertiary/aromatic N) is 3. The van der Waals surface area contributed by atoms with Gasteiger partial charge in [0.2, 0.25) is 17.7 Å². The van der Waals surface area contributed by atoms with E-state index in [2.05, 4.69) is 39.9 Å². The van der Waals surface area contributed by atoms with Crippen LogP contribution >= 0.6 is 11.3 Å². The fraction of sp³-hybridized carbons (Fsp3) is 0.500. The fourth-order valence-electron chi connectivity index (χ4n) is 9.57. The molecule has 1 aliphatic heterocycles. The first-order valence-corrected chi connectivity index (χ1v) is 23.2. The van der Waals surface area contributed by atoms with E-state index in [-0.39, 0.29) is 60.6 Å². The smallest absolute Gasteiger partial charge is 0.407 e. The molecule has 2 aliphatic rings. The van der Waals surface area contributed by atoms with Gasteiger partial charge in [0.05, 0.1) is 42.7 Å². The number of carbonyl (C=O) groups is 4. The van der Waals surface area contributed by atoms with E-state index in [0.717, 1.165) is 45.7 Å². The number of nitrogens with one attached hydrogen (secondary N) is 2. The molecule has 8 atom stereocenters. The number of likely N-dealkylation sites (N-methyl/N-ethyl adjacent to an activating group) is 1. The van der Waals surface area contributed by atoms with Crippen molar-refractivity contribution < 1.29 is 33.4 Å². The number of fused-ring (bicyclic) bond motifs is 3. The van der Waals surface area contributed by atoms with E-state index in [0.29, 0.717) is 19.4 Å². The van der Waals surface area contributed by atoms with E-state index < -0.39 is 36.3 Å². The van der Waals surface area contributed by atoms with Crippen LogP contribution < -0.4 is 10.6 Å². The van der Waals surface area contributed by atoms with Crippen LogP contribution in [-0.4, -0.2) is 103 Å². The third-order valence-corrected chi connectivity index (χ3v) is 14.0. The Labute approximate surface area is 377 Å². The summed E-state index contributed by atoms with van der Waals surface area (Å²) in [5.74, 6) is -1.59. The summed E-state index contributed by atoms with van der Waals surface area (Å²) >= 11 is 1.50. The molecule has 4 amide bonds. The van der Waals surface area contributed by atoms with Crippen LogP contribution in [0.1, 0.15) is 94.0 Å². The largest absolute Gasteiger partial charge is 0.449 e. The number of alkyl carbamates (subject to hydrolysis) is 1. The third-order valence-electron chi connectivity index (χ3n) is 13.2. The molecular weight excluding hydrogens is 815 g/mol. The van der Waals surface area contributed by atoms with Gasteiger partial charge < -0.3 is 34.6 Å². The first-order valence-electron chi connectivity index (χ1n) is 22.3. The molecule has 0 saturated carbocycles. The highest BCUT2D eigenvalue weighted by Crippen LogP contribution is 2.44. The number of benzene rings is 3. The minimum absolute atomic E-state index is 0.0198. The van der Waals surface area contributed by atoms with Crippen molar-refractivity contribution in [1.29, 1.82) is 0 Å². The molecule has 1 saturated heterocycles. The second-order valence-electron chi connectivity index (χ2n) is 17.4. The highest BCUT2D eigenvalue weighted by Gasteiger charge is 2.43. The second kappa shape index (κ2) is 22.0. The summed E-state index contributed by atoms with van der Waals surface area (Å²) in [6.45, 7) is 10.4. The number of carbonyl (C=O) groups excluding carboxylic acids is 4. The molecule has 1 aromatic heterocycles. The first kappa shape index (κ1) is 47.4. The Balaban J connectivity index is 1.11. The van der Waals surface area contributed by atoms with Gasteiger partial charge in [0.25, 0.3) is 0 Å². The maximum absolute atomic E-state index is 14.5. The number of rotatable bonds is 20. The van der Waals surface area contributed by atoms with Gasteiger partial charge in [-0.05, 0) is 58.9 Å². The topological polar surface area (TPSA) is 139 Å². The molecule has 63 heavy (non-hydrogen) atoms. The van der Waals surface area contributed by atoms with E-state index in [9.17, 15) is 19.2 Å². The van der Waals surface area contributed by atoms with Crippen molar-refractivity contribution in [3.8, 4) is 11.1 Å². The lowest BCUT2D eigenvalue weighted by Gasteiger charge is -2.40. The van der Waals surface area contributed by atoms with Crippen molar-refractivity contribution in [3.63, 3.8) is 0 Å². The summed E-state index contributed by atoms with van der Waals surface area (Å²) in [4.78, 5) is 64.3. The Hall–Kier alpha value is -5.11. The van der Waals surface area contributed by atoms with Crippen LogP contribution in [0, 0.1) is 17.8 Å². The molecule has 0 radical (unpaired) electrons. The summed E-state index contributed by atoms with van der Waals surface area (Å²) in [6.07, 6.45) is 2.65. The van der Waals surface area contributed by atoms with Gasteiger partial charge in [-0.15, -0.1) is 11.3 Å². The highest BCUT2D eigenvalue weighted by molar-refractivity contribution is 7.09. The van der Waals surface area contributed by atoms with E-state index in [4.69, 9.17) is 14.2 Å². The van der Waals surface area contributed by atoms with Crippen molar-refractivity contribution in [2.45, 2.75) is 109 Å². The number of amides is 4. The number of aromatic nitrogens is 1. The van der Waals surface area contributed by atoms with Gasteiger partial charge in [0.1, 0.15) is 17.7 Å². The van der Waals surface area contributed by atoms with Crippen molar-refractivity contribution in [1.82, 2.24) is 25.4 Å². The van der Waals surface area contributed by atoms with Crippen molar-refractivity contribution in [2.24, 2.45) is 17.8 Å². The molecule has 2 N–H and O–H groups in total. The molecule has 6 rings (SSSR count). The van der Waals surface area contributed by atoms with E-state index in [1.807, 2.05) is 99.5 Å². The third kappa shape index (κ3) is 11.0. The van der Waals surface area contributed by atoms with Gasteiger partial charge >= 0.3 is 6.09 Å². The minimum atomic E-state index is -0.883. The normalized spacial score (nSPS) is 18.0. The van der Waals surface area contributed by atoms with Gasteiger partial charge in [0, 0.05) is 45.3 Å². The second-order valence-corrected chi connectivity index (χ2v) is 18.3. The number of likely N-dealkylation sites (tertiary alicyclic amines) is 1. The zero-order chi connectivity index (χ0) is 45.2. The average Bonchev–Trinajstić information content (AvgIpc) is 4.08. The molecule has 3 aromatic carbocycles. The monoisotopic (exact) mass is 879 g/mol. The lowest BCUT2D eigenvalue weighted by atomic mass is 9.89. The predicted octanol–water partition coefficient (Wildman–Crippen LogP) is 8.03. The van der Waals surface area contributed by atoms with Crippen LogP contribution in [0.25, 0.3) is 11.1 Å². The molecule has 4 aromatic rings. The van der Waals surface area contributed by atoms with Gasteiger partial charge in [0.15, 0.2) is 0 Å². The van der Waals surface area contributed by atoms with Crippen LogP contribution in [0.2, 0.25) is 0 Å². The van der Waals surface area contributed by atoms with Gasteiger partial charge in [-0.3, -0.25) is 14.4 Å². The van der Waals surface area contributed by atoms with Gasteiger partial charge in [-0.25, -0.2) is 9.78 Å². The van der Waals surface area contributed by atoms with Gasteiger partial charge in [-0.2, -0.15) is 0 Å². The van der Waals surface area contributed by atoms with Crippen LogP contribution in [0.3, 0.4) is 0 Å². The number of hydrogen-bond acceptors (Lipinski definition) is 9. The Morgan fingerprint density at radius 3 is 2.13 bits per heavy atom. The zero-order valence-electron chi connectivity index (χ0n) is 38.0. The quantitative estimate of drug-likeness (QED) is 0.0911. The van der Waals surface area contributed by atoms with E-state index in [1.165, 1.54) is 11.3 Å². The maximum Gasteiger partial charge on any atom is 0.407 e. The number of ether oxygens (including phenoxy) is 3. The summed E-state index contributed by atoms with van der Waals surface area (Å²) < 4.78 is 18.0. The molecule has 7 unspecified atom stereocenters. The van der Waals surface area contributed by atoms with E-state index >= 15 is 0 Å². The first-order chi connectivity index (χ1) is 30.4. The summed E-state index contributed by atoms with van der Waals surface area (Å²) in [5.41, 5.74) is 5.56. The van der Waals surface area contributed by atoms with Crippen LogP contribution in [0.15, 0.2) is 90.4 Å². The number of methoxy groups -OCH3 is 2. The molecule has 1 fully saturated rings. The molecule has 1 aliphatic carbocycles. The van der Waals surface area contributed by atoms with Crippen molar-refractivity contribution in [3.05, 3.63) is 112 Å². The number of thiazole rings is 1. The lowest BCUT2D eigenvalue weighted by molar-refractivity contribution is -0.147. The standard InChI is InChI=1S/C50H65N5O7S/c1-9-32(4)45(54(6)49(58)44(31(2)3)53-50(59)62-30-39-37-22-15-13-20-35(37)36-21-14-16-23-38(36)39)42(60-7)29-43(56)55-26-17-24-41(55)46(61-8)33(5)47(57)52-40(48-51-25-27-63-48)28-34-18-11-10-12-19-34/h10-16,18-23,25,27,31-33,39-42,44-46H,9,17,24,26,28-30H2,1-8H3,(H,52,57)(H,53,59)/t32?,33?,40?,41-,42?,44?,45?,46?/m0/s1. The highest BCUT2D eigenvalue weighted by atomic mass is 32.1. The lowest BCUT2D eigenvalue weighted by Crippen LogP contribution is -2.58. The van der Waals surface area contributed by atoms with Crippen LogP contribution in [-0.2, 0) is 35.0 Å². The Kier molecular flexibility index (Phi) is 16.5. The Morgan fingerprint density at radius 2 is 1.54 bits per heavy atom. The SMILES string of the molecule is CCC(C)C(C(CC(=O)N1CCC[C@H]1C(OC)C(C)C(=O)NC(Cc1ccccc1)c1nccs1)OC)N(C)C(=O)C(NC(=O)OCC1c2ccccc2-c2ccccc21)C(C)C. The molecule has 12 nitrogen and oxygen atoms in total. The van der Waals surface area contributed by atoms with Crippen molar-refractivity contribution >= 4 is 35.2 Å². The van der Waals surface area contributed by atoms with Crippen LogP contribution in [0.5, 0.6) is 0 Å². The molecule has 0 bridgehead atoms. The maximum atomic E-state index is 14.5. The summed E-state index contributed by atoms with van der Waals surface area (Å²) in [6, 6.07) is 24.3. The van der Waals surface area contributed by atoms with Gasteiger partial charge in [-0.1, -0.05) is 120 Å². The average molecular weight is 880 g/mol. The predicted molar refractivity (Wildman–Crippen MR) is 246 cm³/mol. The zero-order valence-corrected chi connectivity index (χ0v) is 38.8. The fourth-order valence-corrected chi connectivity index (χ4v) is 10.3. The summed E-state index contributed by atoms with van der Waals surface area (Å²) in [7, 11) is 4.89. The minimum Gasteiger partial charge on any atom is -0.449 e. The van der Waals surface area contributed by atoms with Crippen LogP contribution in [0.4, 0.5) is 4.79 Å². The molecule has 2 heterocycles. The molecule has 0 spiro atoms. The Bertz CT molecular complexity index is 2090.